The van der Waals surface area contributed by atoms with Crippen molar-refractivity contribution in [2.75, 3.05) is 6.54 Å². The summed E-state index contributed by atoms with van der Waals surface area (Å²) in [4.78, 5) is 11.6. The molecule has 0 heterocycles. The summed E-state index contributed by atoms with van der Waals surface area (Å²) in [5.41, 5.74) is 2.47. The maximum Gasteiger partial charge on any atom is 0.234 e. The summed E-state index contributed by atoms with van der Waals surface area (Å²) >= 11 is 0. The van der Waals surface area contributed by atoms with Crippen LogP contribution in [0.1, 0.15) is 38.3 Å². The number of rotatable bonds is 7. The van der Waals surface area contributed by atoms with Crippen molar-refractivity contribution in [3.8, 4) is 0 Å². The lowest BCUT2D eigenvalue weighted by atomic mass is 10.1. The van der Waals surface area contributed by atoms with E-state index in [4.69, 9.17) is 0 Å². The summed E-state index contributed by atoms with van der Waals surface area (Å²) in [6.45, 7) is 7.31. The fourth-order valence-electron chi connectivity index (χ4n) is 1.57. The number of carbonyl (C=O) groups is 1. The third-order valence-electron chi connectivity index (χ3n) is 3.14. The van der Waals surface area contributed by atoms with Crippen LogP contribution in [0.2, 0.25) is 0 Å². The standard InChI is InChI=1S/C15H24N2O/c1-4-12(3)16-11-15(18)17-10-14-8-6-13(5-2)7-9-14/h6-9,12,16H,4-5,10-11H2,1-3H3,(H,17,18). The lowest BCUT2D eigenvalue weighted by molar-refractivity contribution is -0.120. The molecule has 0 saturated carbocycles. The van der Waals surface area contributed by atoms with Crippen LogP contribution in [0.15, 0.2) is 24.3 Å². The number of hydrogen-bond donors (Lipinski definition) is 2. The Morgan fingerprint density at radius 3 is 2.33 bits per heavy atom. The molecule has 1 rings (SSSR count). The number of benzene rings is 1. The van der Waals surface area contributed by atoms with E-state index in [2.05, 4.69) is 55.7 Å². The van der Waals surface area contributed by atoms with Gasteiger partial charge in [-0.15, -0.1) is 0 Å². The van der Waals surface area contributed by atoms with Crippen molar-refractivity contribution in [3.05, 3.63) is 35.4 Å². The summed E-state index contributed by atoms with van der Waals surface area (Å²) in [6.07, 6.45) is 2.08. The van der Waals surface area contributed by atoms with E-state index in [9.17, 15) is 4.79 Å². The molecule has 0 radical (unpaired) electrons. The highest BCUT2D eigenvalue weighted by Gasteiger charge is 2.03. The van der Waals surface area contributed by atoms with E-state index in [-0.39, 0.29) is 5.91 Å². The van der Waals surface area contributed by atoms with Crippen molar-refractivity contribution in [2.24, 2.45) is 0 Å². The summed E-state index contributed by atoms with van der Waals surface area (Å²) in [6, 6.07) is 8.75. The fourth-order valence-corrected chi connectivity index (χ4v) is 1.57. The van der Waals surface area contributed by atoms with Gasteiger partial charge < -0.3 is 10.6 Å². The number of carbonyl (C=O) groups excluding carboxylic acids is 1. The first-order chi connectivity index (χ1) is 8.65. The normalized spacial score (nSPS) is 12.2. The van der Waals surface area contributed by atoms with Gasteiger partial charge in [0.25, 0.3) is 0 Å². The Hall–Kier alpha value is -1.35. The lowest BCUT2D eigenvalue weighted by Crippen LogP contribution is -2.37. The van der Waals surface area contributed by atoms with E-state index in [1.54, 1.807) is 0 Å². The smallest absolute Gasteiger partial charge is 0.234 e. The molecule has 3 nitrogen and oxygen atoms in total. The number of amides is 1. The molecule has 0 spiro atoms. The maximum atomic E-state index is 11.6. The predicted octanol–water partition coefficient (Wildman–Crippen LogP) is 2.25. The topological polar surface area (TPSA) is 41.1 Å². The van der Waals surface area contributed by atoms with Gasteiger partial charge >= 0.3 is 0 Å². The van der Waals surface area contributed by atoms with Crippen LogP contribution < -0.4 is 10.6 Å². The number of aryl methyl sites for hydroxylation is 1. The summed E-state index contributed by atoms with van der Waals surface area (Å²) in [7, 11) is 0. The Labute approximate surface area is 110 Å². The van der Waals surface area contributed by atoms with Crippen LogP contribution in [0, 0.1) is 0 Å². The van der Waals surface area contributed by atoms with Gasteiger partial charge in [0.1, 0.15) is 0 Å². The second-order valence-electron chi connectivity index (χ2n) is 4.64. The molecular weight excluding hydrogens is 224 g/mol. The van der Waals surface area contributed by atoms with Gasteiger partial charge in [0.05, 0.1) is 6.54 Å². The monoisotopic (exact) mass is 248 g/mol. The summed E-state index contributed by atoms with van der Waals surface area (Å²) in [5.74, 6) is 0.0508. The van der Waals surface area contributed by atoms with Gasteiger partial charge in [0.2, 0.25) is 5.91 Å². The molecule has 0 bridgehead atoms. The Morgan fingerprint density at radius 2 is 1.78 bits per heavy atom. The zero-order valence-corrected chi connectivity index (χ0v) is 11.6. The highest BCUT2D eigenvalue weighted by atomic mass is 16.1. The summed E-state index contributed by atoms with van der Waals surface area (Å²) < 4.78 is 0. The molecule has 18 heavy (non-hydrogen) atoms. The molecule has 0 saturated heterocycles. The van der Waals surface area contributed by atoms with E-state index in [1.165, 1.54) is 5.56 Å². The molecule has 0 aliphatic rings. The van der Waals surface area contributed by atoms with Gasteiger partial charge in [-0.05, 0) is 30.9 Å². The minimum atomic E-state index is 0.0508. The van der Waals surface area contributed by atoms with E-state index in [0.717, 1.165) is 18.4 Å². The predicted molar refractivity (Wildman–Crippen MR) is 75.4 cm³/mol. The van der Waals surface area contributed by atoms with Crippen LogP contribution in [0.3, 0.4) is 0 Å². The molecule has 0 fully saturated rings. The average molecular weight is 248 g/mol. The van der Waals surface area contributed by atoms with Gasteiger partial charge in [-0.25, -0.2) is 0 Å². The van der Waals surface area contributed by atoms with Crippen molar-refractivity contribution in [3.63, 3.8) is 0 Å². The van der Waals surface area contributed by atoms with E-state index in [1.807, 2.05) is 0 Å². The van der Waals surface area contributed by atoms with Gasteiger partial charge in [-0.1, -0.05) is 38.1 Å². The van der Waals surface area contributed by atoms with Crippen molar-refractivity contribution in [1.82, 2.24) is 10.6 Å². The molecule has 1 amide bonds. The fraction of sp³-hybridized carbons (Fsp3) is 0.533. The first kappa shape index (κ1) is 14.7. The van der Waals surface area contributed by atoms with Crippen LogP contribution >= 0.6 is 0 Å². The SMILES string of the molecule is CCc1ccc(CNC(=O)CNC(C)CC)cc1. The molecule has 0 aromatic heterocycles. The lowest BCUT2D eigenvalue weighted by Gasteiger charge is -2.11. The first-order valence-corrected chi connectivity index (χ1v) is 6.73. The molecule has 1 unspecified atom stereocenters. The second-order valence-corrected chi connectivity index (χ2v) is 4.64. The molecule has 1 aromatic rings. The molecule has 0 aliphatic heterocycles. The zero-order chi connectivity index (χ0) is 13.4. The number of hydrogen-bond acceptors (Lipinski definition) is 2. The van der Waals surface area contributed by atoms with Gasteiger partial charge in [-0.2, -0.15) is 0 Å². The van der Waals surface area contributed by atoms with Crippen molar-refractivity contribution in [2.45, 2.75) is 46.2 Å². The van der Waals surface area contributed by atoms with Crippen LogP contribution in [0.4, 0.5) is 0 Å². The first-order valence-electron chi connectivity index (χ1n) is 6.73. The van der Waals surface area contributed by atoms with Crippen LogP contribution in [-0.4, -0.2) is 18.5 Å². The van der Waals surface area contributed by atoms with Crippen LogP contribution in [0.25, 0.3) is 0 Å². The Bertz CT molecular complexity index is 359. The molecule has 3 heteroatoms. The minimum Gasteiger partial charge on any atom is -0.351 e. The summed E-state index contributed by atoms with van der Waals surface area (Å²) in [5, 5.41) is 6.09. The van der Waals surface area contributed by atoms with Gasteiger partial charge in [-0.3, -0.25) is 4.79 Å². The third kappa shape index (κ3) is 5.32. The Balaban J connectivity index is 2.29. The molecule has 2 N–H and O–H groups in total. The Kier molecular flexibility index (Phi) is 6.44. The van der Waals surface area contributed by atoms with Crippen molar-refractivity contribution in [1.29, 1.82) is 0 Å². The van der Waals surface area contributed by atoms with Crippen LogP contribution in [0.5, 0.6) is 0 Å². The maximum absolute atomic E-state index is 11.6. The highest BCUT2D eigenvalue weighted by Crippen LogP contribution is 2.04. The van der Waals surface area contributed by atoms with Crippen LogP contribution in [-0.2, 0) is 17.8 Å². The largest absolute Gasteiger partial charge is 0.351 e. The van der Waals surface area contributed by atoms with Crippen molar-refractivity contribution >= 4 is 5.91 Å². The molecular formula is C15H24N2O. The average Bonchev–Trinajstić information content (AvgIpc) is 2.42. The van der Waals surface area contributed by atoms with Gasteiger partial charge in [0, 0.05) is 12.6 Å². The zero-order valence-electron chi connectivity index (χ0n) is 11.6. The molecule has 1 atom stereocenters. The molecule has 100 valence electrons. The van der Waals surface area contributed by atoms with E-state index >= 15 is 0 Å². The van der Waals surface area contributed by atoms with E-state index in [0.29, 0.717) is 19.1 Å². The quantitative estimate of drug-likeness (QED) is 0.777. The molecule has 1 aromatic carbocycles. The number of nitrogens with one attached hydrogen (secondary N) is 2. The Morgan fingerprint density at radius 1 is 1.17 bits per heavy atom. The van der Waals surface area contributed by atoms with E-state index < -0.39 is 0 Å². The third-order valence-corrected chi connectivity index (χ3v) is 3.14. The highest BCUT2D eigenvalue weighted by molar-refractivity contribution is 5.77. The second kappa shape index (κ2) is 7.88. The van der Waals surface area contributed by atoms with Gasteiger partial charge in [0.15, 0.2) is 0 Å². The van der Waals surface area contributed by atoms with Crippen molar-refractivity contribution < 1.29 is 4.79 Å². The molecule has 0 aliphatic carbocycles. The minimum absolute atomic E-state index is 0.0508.